The number of hydrogen-bond acceptors (Lipinski definition) is 6. The highest BCUT2D eigenvalue weighted by Crippen LogP contribution is 2.59. The van der Waals surface area contributed by atoms with Crippen molar-refractivity contribution in [1.29, 1.82) is 0 Å². The van der Waals surface area contributed by atoms with Gasteiger partial charge in [0, 0.05) is 24.7 Å². The number of carbonyl (C=O) groups is 3. The number of nitrogens with two attached hydrogens (primary N) is 1. The van der Waals surface area contributed by atoms with E-state index in [9.17, 15) is 14.4 Å². The molecule has 5 aromatic carbocycles. The van der Waals surface area contributed by atoms with Gasteiger partial charge in [0.25, 0.3) is 0 Å². The molecule has 7 nitrogen and oxygen atoms in total. The van der Waals surface area contributed by atoms with Crippen molar-refractivity contribution in [3.05, 3.63) is 96.1 Å². The number of quaternary nitrogens is 1. The normalized spacial score (nSPS) is 28.5. The number of piperidine rings is 1. The van der Waals surface area contributed by atoms with Crippen LogP contribution < -0.4 is 5.32 Å². The van der Waals surface area contributed by atoms with Crippen LogP contribution in [0, 0.1) is 23.7 Å². The summed E-state index contributed by atoms with van der Waals surface area (Å²) in [5, 5.41) is 8.37. The Balaban J connectivity index is 1.05. The molecule has 0 radical (unpaired) electrons. The standard InChI is InChI=1S/C37H31NO6/c39-34(25-18-22-8-4-6-20-12-13-21-7-5-11-24(25)29(21)28(20)22)42-32-27-19-26-30(35(40)43-33(26)32)31(27)36(41)44-37(14-16-38-17-15-37)23-9-2-1-3-10-23/h1-13,18,26-27,30-33,38H,14-17,19H2/p+1. The van der Waals surface area contributed by atoms with Gasteiger partial charge in [-0.05, 0) is 50.4 Å². The van der Waals surface area contributed by atoms with Crippen LogP contribution in [0.15, 0.2) is 84.9 Å². The molecule has 9 rings (SSSR count). The molecular formula is C37H32NO6+. The van der Waals surface area contributed by atoms with Crippen LogP contribution in [0.4, 0.5) is 0 Å². The minimum absolute atomic E-state index is 0.159. The van der Waals surface area contributed by atoms with Gasteiger partial charge in [-0.2, -0.15) is 0 Å². The Kier molecular flexibility index (Phi) is 5.61. The first-order valence-corrected chi connectivity index (χ1v) is 15.7. The maximum absolute atomic E-state index is 14.1. The second-order valence-electron chi connectivity index (χ2n) is 13.0. The number of esters is 3. The van der Waals surface area contributed by atoms with Crippen molar-refractivity contribution >= 4 is 50.2 Å². The van der Waals surface area contributed by atoms with Crippen molar-refractivity contribution in [1.82, 2.24) is 0 Å². The average molecular weight is 587 g/mol. The van der Waals surface area contributed by atoms with Crippen molar-refractivity contribution in [2.75, 3.05) is 13.1 Å². The lowest BCUT2D eigenvalue weighted by molar-refractivity contribution is -0.668. The monoisotopic (exact) mass is 586 g/mol. The fraction of sp³-hybridized carbons (Fsp3) is 0.324. The summed E-state index contributed by atoms with van der Waals surface area (Å²) in [6.07, 6.45) is 0.768. The molecule has 5 aromatic rings. The van der Waals surface area contributed by atoms with E-state index < -0.39 is 35.6 Å². The highest BCUT2D eigenvalue weighted by molar-refractivity contribution is 6.26. The Hall–Kier alpha value is -4.49. The summed E-state index contributed by atoms with van der Waals surface area (Å²) < 4.78 is 18.6. The molecular weight excluding hydrogens is 554 g/mol. The zero-order valence-corrected chi connectivity index (χ0v) is 24.1. The molecule has 2 aliphatic carbocycles. The van der Waals surface area contributed by atoms with Crippen LogP contribution in [0.2, 0.25) is 0 Å². The van der Waals surface area contributed by atoms with Gasteiger partial charge >= 0.3 is 17.9 Å². The van der Waals surface area contributed by atoms with E-state index in [1.54, 1.807) is 0 Å². The molecule has 220 valence electrons. The van der Waals surface area contributed by atoms with Gasteiger partial charge in [-0.1, -0.05) is 78.9 Å². The number of ether oxygens (including phenoxy) is 3. The fourth-order valence-electron chi connectivity index (χ4n) is 8.98. The van der Waals surface area contributed by atoms with Crippen LogP contribution in [0.25, 0.3) is 32.3 Å². The molecule has 2 bridgehead atoms. The van der Waals surface area contributed by atoms with Crippen LogP contribution in [-0.2, 0) is 29.4 Å². The first-order valence-electron chi connectivity index (χ1n) is 15.7. The molecule has 2 heterocycles. The predicted octanol–water partition coefficient (Wildman–Crippen LogP) is 4.71. The Bertz CT molecular complexity index is 1960. The van der Waals surface area contributed by atoms with Gasteiger partial charge in [0.05, 0.1) is 30.5 Å². The second-order valence-corrected chi connectivity index (χ2v) is 13.0. The largest absolute Gasteiger partial charge is 0.458 e. The molecule has 2 saturated heterocycles. The Morgan fingerprint density at radius 3 is 2.34 bits per heavy atom. The summed E-state index contributed by atoms with van der Waals surface area (Å²) in [5.41, 5.74) is 0.724. The van der Waals surface area contributed by atoms with E-state index in [2.05, 4.69) is 29.6 Å². The predicted molar refractivity (Wildman–Crippen MR) is 163 cm³/mol. The first kappa shape index (κ1) is 26.0. The van der Waals surface area contributed by atoms with E-state index in [1.165, 1.54) is 0 Å². The van der Waals surface area contributed by atoms with Crippen molar-refractivity contribution in [3.63, 3.8) is 0 Å². The third kappa shape index (κ3) is 3.62. The van der Waals surface area contributed by atoms with Crippen LogP contribution in [-0.4, -0.2) is 43.2 Å². The van der Waals surface area contributed by atoms with E-state index in [0.29, 0.717) is 24.8 Å². The lowest BCUT2D eigenvalue weighted by atomic mass is 9.78. The van der Waals surface area contributed by atoms with Crippen LogP contribution in [0.5, 0.6) is 0 Å². The molecule has 2 aliphatic heterocycles. The Morgan fingerprint density at radius 1 is 0.818 bits per heavy atom. The van der Waals surface area contributed by atoms with Gasteiger partial charge in [0.15, 0.2) is 0 Å². The molecule has 2 N–H and O–H groups in total. The smallest absolute Gasteiger partial charge is 0.339 e. The number of carbonyl (C=O) groups excluding carboxylic acids is 3. The van der Waals surface area contributed by atoms with E-state index in [-0.39, 0.29) is 23.8 Å². The summed E-state index contributed by atoms with van der Waals surface area (Å²) in [5.74, 6) is -2.97. The van der Waals surface area contributed by atoms with Gasteiger partial charge in [-0.25, -0.2) is 4.79 Å². The molecule has 4 aliphatic rings. The lowest BCUT2D eigenvalue weighted by Gasteiger charge is -2.38. The maximum Gasteiger partial charge on any atom is 0.339 e. The summed E-state index contributed by atoms with van der Waals surface area (Å²) in [6, 6.07) is 28.1. The minimum atomic E-state index is -0.733. The topological polar surface area (TPSA) is 95.5 Å². The maximum atomic E-state index is 14.1. The number of fused-ring (bicyclic) bond motifs is 1. The first-order chi connectivity index (χ1) is 21.5. The zero-order chi connectivity index (χ0) is 29.6. The molecule has 7 heteroatoms. The summed E-state index contributed by atoms with van der Waals surface area (Å²) in [4.78, 5) is 41.3. The average Bonchev–Trinajstić information content (AvgIpc) is 3.68. The molecule has 4 fully saturated rings. The van der Waals surface area contributed by atoms with E-state index in [4.69, 9.17) is 14.2 Å². The third-order valence-electron chi connectivity index (χ3n) is 10.9. The molecule has 44 heavy (non-hydrogen) atoms. The number of benzene rings is 5. The second kappa shape index (κ2) is 9.50. The molecule has 0 amide bonds. The van der Waals surface area contributed by atoms with Gasteiger partial charge in [-0.15, -0.1) is 0 Å². The van der Waals surface area contributed by atoms with E-state index >= 15 is 0 Å². The quantitative estimate of drug-likeness (QED) is 0.182. The summed E-state index contributed by atoms with van der Waals surface area (Å²) in [7, 11) is 0. The Morgan fingerprint density at radius 2 is 1.55 bits per heavy atom. The molecule has 2 saturated carbocycles. The highest BCUT2D eigenvalue weighted by Gasteiger charge is 2.70. The zero-order valence-electron chi connectivity index (χ0n) is 24.1. The van der Waals surface area contributed by atoms with Crippen LogP contribution >= 0.6 is 0 Å². The third-order valence-corrected chi connectivity index (χ3v) is 10.9. The number of hydrogen-bond donors (Lipinski definition) is 1. The number of rotatable bonds is 5. The van der Waals surface area contributed by atoms with Crippen LogP contribution in [0.3, 0.4) is 0 Å². The van der Waals surface area contributed by atoms with Gasteiger partial charge in [0.2, 0.25) is 0 Å². The minimum Gasteiger partial charge on any atom is -0.458 e. The van der Waals surface area contributed by atoms with Gasteiger partial charge < -0.3 is 19.5 Å². The van der Waals surface area contributed by atoms with Crippen molar-refractivity contribution < 1.29 is 33.9 Å². The molecule has 6 atom stereocenters. The van der Waals surface area contributed by atoms with Crippen molar-refractivity contribution in [3.8, 4) is 0 Å². The van der Waals surface area contributed by atoms with E-state index in [0.717, 1.165) is 51.0 Å². The van der Waals surface area contributed by atoms with Crippen molar-refractivity contribution in [2.45, 2.75) is 37.1 Å². The van der Waals surface area contributed by atoms with Gasteiger partial charge in [0.1, 0.15) is 17.8 Å². The SMILES string of the molecule is O=C(OC1C2CC3C1OC(=O)C3C2C(=O)OC1(c2ccccc2)CC[NH2+]CC1)c1cc2cccc3ccc4cccc1c4c32. The fourth-order valence-corrected chi connectivity index (χ4v) is 8.98. The van der Waals surface area contributed by atoms with E-state index in [1.807, 2.05) is 60.7 Å². The lowest BCUT2D eigenvalue weighted by Crippen LogP contribution is -2.87. The summed E-state index contributed by atoms with van der Waals surface area (Å²) >= 11 is 0. The summed E-state index contributed by atoms with van der Waals surface area (Å²) in [6.45, 7) is 1.71. The molecule has 0 spiro atoms. The molecule has 6 unspecified atom stereocenters. The van der Waals surface area contributed by atoms with Crippen molar-refractivity contribution in [2.24, 2.45) is 23.7 Å². The molecule has 0 aromatic heterocycles. The Labute approximate surface area is 253 Å². The van der Waals surface area contributed by atoms with Crippen LogP contribution in [0.1, 0.15) is 35.2 Å². The van der Waals surface area contributed by atoms with Gasteiger partial charge in [-0.3, -0.25) is 9.59 Å². The highest BCUT2D eigenvalue weighted by atomic mass is 16.6.